The van der Waals surface area contributed by atoms with Gasteiger partial charge in [0.05, 0.1) is 11.7 Å². The third-order valence-electron chi connectivity index (χ3n) is 4.68. The van der Waals surface area contributed by atoms with Gasteiger partial charge in [0, 0.05) is 29.3 Å². The van der Waals surface area contributed by atoms with Gasteiger partial charge in [-0.05, 0) is 51.8 Å². The first kappa shape index (κ1) is 17.1. The molecule has 3 heterocycles. The summed E-state index contributed by atoms with van der Waals surface area (Å²) in [5.41, 5.74) is 1.33. The Morgan fingerprint density at radius 2 is 1.95 bits per heavy atom. The molecule has 0 saturated carbocycles. The topological polar surface area (TPSA) is 56.3 Å². The molecule has 2 aliphatic heterocycles. The van der Waals surface area contributed by atoms with Crippen LogP contribution in [0.25, 0.3) is 0 Å². The minimum atomic E-state index is -1.25. The van der Waals surface area contributed by atoms with Crippen LogP contribution in [0, 0.1) is 24.7 Å². The average Bonchev–Trinajstić information content (AvgIpc) is 2.66. The summed E-state index contributed by atoms with van der Waals surface area (Å²) in [5, 5.41) is 10.9. The Morgan fingerprint density at radius 3 is 2.55 bits per heavy atom. The predicted molar refractivity (Wildman–Crippen MR) is 77.5 cm³/mol. The largest absolute Gasteiger partial charge is 1.00 e. The van der Waals surface area contributed by atoms with Crippen LogP contribution < -0.4 is 24.0 Å². The van der Waals surface area contributed by atoms with Crippen LogP contribution in [0.1, 0.15) is 47.4 Å². The number of fused-ring (bicyclic) bond motifs is 2. The standard InChI is InChI=1S/C17H20N2O2.Li/c1-11-7-12(10-16(18-11)17(20)21)3-4-13-8-14-5-6-15(9-13)19(14)2;/h7,10,13-15H,5-6,8-9H2,1-2H3,(H,20,21);/q;+1/p-1/t13?,14-,15+;. The molecule has 1 aromatic rings. The van der Waals surface area contributed by atoms with Gasteiger partial charge in [0.25, 0.3) is 0 Å². The maximum atomic E-state index is 10.9. The van der Waals surface area contributed by atoms with Gasteiger partial charge in [0.1, 0.15) is 0 Å². The minimum Gasteiger partial charge on any atom is -0.543 e. The number of aromatic nitrogens is 1. The van der Waals surface area contributed by atoms with Crippen molar-refractivity contribution in [3.63, 3.8) is 0 Å². The van der Waals surface area contributed by atoms with Gasteiger partial charge in [0.15, 0.2) is 0 Å². The summed E-state index contributed by atoms with van der Waals surface area (Å²) in [6, 6.07) is 4.66. The van der Waals surface area contributed by atoms with E-state index in [0.29, 0.717) is 29.3 Å². The maximum Gasteiger partial charge on any atom is 1.00 e. The van der Waals surface area contributed by atoms with E-state index < -0.39 is 5.97 Å². The van der Waals surface area contributed by atoms with Gasteiger partial charge in [-0.1, -0.05) is 11.8 Å². The van der Waals surface area contributed by atoms with Crippen molar-refractivity contribution in [2.45, 2.75) is 44.7 Å². The fourth-order valence-corrected chi connectivity index (χ4v) is 3.56. The number of hydrogen-bond donors (Lipinski definition) is 0. The SMILES string of the molecule is Cc1cc(C#CC2C[C@H]3CC[C@@H](C2)N3C)cc(C(=O)[O-])n1.[Li+]. The molecular weight excluding hydrogens is 271 g/mol. The number of aryl methyl sites for hydroxylation is 1. The van der Waals surface area contributed by atoms with Crippen molar-refractivity contribution in [1.29, 1.82) is 0 Å². The van der Waals surface area contributed by atoms with Crippen molar-refractivity contribution < 1.29 is 28.8 Å². The number of carboxylic acid groups (broad SMARTS) is 1. The Kier molecular flexibility index (Phi) is 5.35. The van der Waals surface area contributed by atoms with Crippen LogP contribution in [0.5, 0.6) is 0 Å². The molecule has 110 valence electrons. The zero-order chi connectivity index (χ0) is 15.0. The first-order chi connectivity index (χ1) is 10.0. The van der Waals surface area contributed by atoms with Crippen LogP contribution in [-0.2, 0) is 0 Å². The summed E-state index contributed by atoms with van der Waals surface area (Å²) in [5.74, 6) is 5.63. The fraction of sp³-hybridized carbons (Fsp3) is 0.529. The van der Waals surface area contributed by atoms with Crippen molar-refractivity contribution in [2.75, 3.05) is 7.05 Å². The molecule has 5 heteroatoms. The molecule has 2 bridgehead atoms. The van der Waals surface area contributed by atoms with Gasteiger partial charge in [-0.25, -0.2) is 0 Å². The average molecular weight is 290 g/mol. The number of hydrogen-bond acceptors (Lipinski definition) is 4. The second-order valence-corrected chi connectivity index (χ2v) is 6.16. The van der Waals surface area contributed by atoms with Gasteiger partial charge in [-0.15, -0.1) is 0 Å². The van der Waals surface area contributed by atoms with Gasteiger partial charge in [0.2, 0.25) is 0 Å². The Morgan fingerprint density at radius 1 is 1.32 bits per heavy atom. The summed E-state index contributed by atoms with van der Waals surface area (Å²) in [7, 11) is 2.21. The first-order valence-electron chi connectivity index (χ1n) is 7.46. The van der Waals surface area contributed by atoms with E-state index in [1.165, 1.54) is 18.9 Å². The van der Waals surface area contributed by atoms with Crippen LogP contribution in [0.4, 0.5) is 0 Å². The van der Waals surface area contributed by atoms with Crippen LogP contribution in [0.15, 0.2) is 12.1 Å². The van der Waals surface area contributed by atoms with Gasteiger partial charge in [-0.3, -0.25) is 4.98 Å². The minimum absolute atomic E-state index is 0. The molecular formula is C17H19LiN2O2. The maximum absolute atomic E-state index is 10.9. The molecule has 0 aliphatic carbocycles. The van der Waals surface area contributed by atoms with Crippen molar-refractivity contribution in [2.24, 2.45) is 5.92 Å². The Labute approximate surface area is 143 Å². The molecule has 0 radical (unpaired) electrons. The molecule has 3 rings (SSSR count). The molecule has 0 spiro atoms. The number of carboxylic acids is 1. The monoisotopic (exact) mass is 290 g/mol. The number of aromatic carboxylic acids is 1. The number of carbonyl (C=O) groups is 1. The first-order valence-corrected chi connectivity index (χ1v) is 7.46. The summed E-state index contributed by atoms with van der Waals surface area (Å²) >= 11 is 0. The Hall–Kier alpha value is -1.26. The van der Waals surface area contributed by atoms with E-state index >= 15 is 0 Å². The van der Waals surface area contributed by atoms with Crippen LogP contribution in [0.3, 0.4) is 0 Å². The van der Waals surface area contributed by atoms with Gasteiger partial charge < -0.3 is 14.8 Å². The third kappa shape index (κ3) is 3.55. The van der Waals surface area contributed by atoms with Gasteiger partial charge in [-0.2, -0.15) is 0 Å². The number of piperidine rings is 1. The molecule has 0 aromatic carbocycles. The second kappa shape index (κ2) is 6.88. The van der Waals surface area contributed by atoms with Crippen molar-refractivity contribution >= 4 is 5.97 Å². The summed E-state index contributed by atoms with van der Waals surface area (Å²) in [6.45, 7) is 1.77. The number of rotatable bonds is 1. The van der Waals surface area contributed by atoms with Crippen molar-refractivity contribution in [1.82, 2.24) is 9.88 Å². The van der Waals surface area contributed by atoms with Crippen LogP contribution in [0.2, 0.25) is 0 Å². The fourth-order valence-electron chi connectivity index (χ4n) is 3.56. The van der Waals surface area contributed by atoms with Crippen molar-refractivity contribution in [3.05, 3.63) is 29.1 Å². The van der Waals surface area contributed by atoms with Gasteiger partial charge >= 0.3 is 18.9 Å². The van der Waals surface area contributed by atoms with Crippen molar-refractivity contribution in [3.8, 4) is 11.8 Å². The molecule has 2 saturated heterocycles. The summed E-state index contributed by atoms with van der Waals surface area (Å²) in [4.78, 5) is 17.3. The third-order valence-corrected chi connectivity index (χ3v) is 4.68. The molecule has 1 unspecified atom stereocenters. The molecule has 22 heavy (non-hydrogen) atoms. The Balaban J connectivity index is 0.00000176. The van der Waals surface area contributed by atoms with E-state index in [2.05, 4.69) is 28.8 Å². The van der Waals surface area contributed by atoms with E-state index in [4.69, 9.17) is 0 Å². The molecule has 3 atom stereocenters. The predicted octanol–water partition coefficient (Wildman–Crippen LogP) is -2.02. The van der Waals surface area contributed by atoms with E-state index in [9.17, 15) is 9.90 Å². The van der Waals surface area contributed by atoms with Crippen LogP contribution >= 0.6 is 0 Å². The normalized spacial score (nSPS) is 26.7. The smallest absolute Gasteiger partial charge is 0.543 e. The van der Waals surface area contributed by atoms with E-state index in [1.54, 1.807) is 6.92 Å². The zero-order valence-corrected chi connectivity index (χ0v) is 13.4. The quantitative estimate of drug-likeness (QED) is 0.443. The van der Waals surface area contributed by atoms with E-state index in [-0.39, 0.29) is 24.6 Å². The van der Waals surface area contributed by atoms with E-state index in [1.807, 2.05) is 6.07 Å². The molecule has 2 aliphatic rings. The summed E-state index contributed by atoms with van der Waals surface area (Å²) in [6.07, 6.45) is 4.81. The molecule has 4 nitrogen and oxygen atoms in total. The Bertz CT molecular complexity index is 621. The number of carbonyl (C=O) groups excluding carboxylic acids is 1. The summed E-state index contributed by atoms with van der Waals surface area (Å²) < 4.78 is 0. The number of nitrogens with zero attached hydrogens (tertiary/aromatic N) is 2. The second-order valence-electron chi connectivity index (χ2n) is 6.16. The zero-order valence-electron chi connectivity index (χ0n) is 13.4. The number of pyridine rings is 1. The van der Waals surface area contributed by atoms with Crippen LogP contribution in [-0.4, -0.2) is 35.0 Å². The molecule has 0 N–H and O–H groups in total. The molecule has 1 aromatic heterocycles. The van der Waals surface area contributed by atoms with E-state index in [0.717, 1.165) is 12.8 Å². The molecule has 0 amide bonds. The molecule has 2 fully saturated rings.